The van der Waals surface area contributed by atoms with Gasteiger partial charge >= 0.3 is 0 Å². The van der Waals surface area contributed by atoms with E-state index in [0.717, 1.165) is 35.4 Å². The molecule has 0 spiro atoms. The van der Waals surface area contributed by atoms with Crippen LogP contribution in [0.25, 0.3) is 10.9 Å². The summed E-state index contributed by atoms with van der Waals surface area (Å²) in [5.41, 5.74) is 2.95. The molecule has 1 aromatic heterocycles. The molecule has 0 atom stereocenters. The zero-order chi connectivity index (χ0) is 18.5. The van der Waals surface area contributed by atoms with Crippen molar-refractivity contribution in [2.75, 3.05) is 17.2 Å². The first-order chi connectivity index (χ1) is 13.3. The molecule has 0 saturated heterocycles. The van der Waals surface area contributed by atoms with Crippen molar-refractivity contribution >= 4 is 40.0 Å². The van der Waals surface area contributed by atoms with Gasteiger partial charge in [0.2, 0.25) is 5.95 Å². The van der Waals surface area contributed by atoms with Gasteiger partial charge in [-0.3, -0.25) is 0 Å². The molecule has 0 aliphatic rings. The van der Waals surface area contributed by atoms with Gasteiger partial charge in [-0.1, -0.05) is 66.2 Å². The molecule has 0 radical (unpaired) electrons. The van der Waals surface area contributed by atoms with Gasteiger partial charge in [0, 0.05) is 11.9 Å². The van der Waals surface area contributed by atoms with Crippen LogP contribution in [0.3, 0.4) is 0 Å². The maximum absolute atomic E-state index is 6.25. The molecule has 1 heterocycles. The Morgan fingerprint density at radius 1 is 0.778 bits per heavy atom. The third-order valence-electron chi connectivity index (χ3n) is 4.27. The van der Waals surface area contributed by atoms with Crippen molar-refractivity contribution in [3.8, 4) is 0 Å². The summed E-state index contributed by atoms with van der Waals surface area (Å²) in [6.45, 7) is 0.788. The number of anilines is 3. The van der Waals surface area contributed by atoms with Gasteiger partial charge in [-0.2, -0.15) is 4.98 Å². The first-order valence-corrected chi connectivity index (χ1v) is 9.23. The molecule has 4 nitrogen and oxygen atoms in total. The third-order valence-corrected chi connectivity index (χ3v) is 4.60. The highest BCUT2D eigenvalue weighted by Crippen LogP contribution is 2.26. The summed E-state index contributed by atoms with van der Waals surface area (Å²) >= 11 is 6.25. The summed E-state index contributed by atoms with van der Waals surface area (Å²) in [5, 5.41) is 8.30. The SMILES string of the molecule is Clc1ccccc1Nc1nc(NCCc2ccccc2)c2ccccc2n1. The lowest BCUT2D eigenvalue weighted by Crippen LogP contribution is -2.09. The second-order valence-electron chi connectivity index (χ2n) is 6.18. The molecular formula is C22H19ClN4. The Balaban J connectivity index is 1.59. The molecular weight excluding hydrogens is 356 g/mol. The van der Waals surface area contributed by atoms with Crippen molar-refractivity contribution in [3.63, 3.8) is 0 Å². The minimum atomic E-state index is 0.518. The lowest BCUT2D eigenvalue weighted by molar-refractivity contribution is 1.01. The van der Waals surface area contributed by atoms with E-state index in [1.807, 2.05) is 54.6 Å². The van der Waals surface area contributed by atoms with Crippen molar-refractivity contribution in [3.05, 3.63) is 89.4 Å². The van der Waals surface area contributed by atoms with Gasteiger partial charge in [0.25, 0.3) is 0 Å². The fourth-order valence-corrected chi connectivity index (χ4v) is 3.10. The zero-order valence-electron chi connectivity index (χ0n) is 14.7. The van der Waals surface area contributed by atoms with Gasteiger partial charge in [-0.05, 0) is 36.2 Å². The van der Waals surface area contributed by atoms with E-state index in [4.69, 9.17) is 11.6 Å². The highest BCUT2D eigenvalue weighted by atomic mass is 35.5. The fourth-order valence-electron chi connectivity index (χ4n) is 2.92. The summed E-state index contributed by atoms with van der Waals surface area (Å²) in [7, 11) is 0. The molecule has 0 aliphatic heterocycles. The molecule has 5 heteroatoms. The lowest BCUT2D eigenvalue weighted by Gasteiger charge is -2.12. The van der Waals surface area contributed by atoms with E-state index in [1.165, 1.54) is 5.56 Å². The van der Waals surface area contributed by atoms with E-state index < -0.39 is 0 Å². The quantitative estimate of drug-likeness (QED) is 0.455. The molecule has 134 valence electrons. The van der Waals surface area contributed by atoms with Crippen molar-refractivity contribution < 1.29 is 0 Å². The smallest absolute Gasteiger partial charge is 0.229 e. The Morgan fingerprint density at radius 3 is 2.37 bits per heavy atom. The summed E-state index contributed by atoms with van der Waals surface area (Å²) in [6.07, 6.45) is 0.923. The number of nitrogens with one attached hydrogen (secondary N) is 2. The van der Waals surface area contributed by atoms with Crippen LogP contribution in [0.15, 0.2) is 78.9 Å². The first kappa shape index (κ1) is 17.3. The van der Waals surface area contributed by atoms with Gasteiger partial charge in [0.05, 0.1) is 16.2 Å². The minimum Gasteiger partial charge on any atom is -0.369 e. The highest BCUT2D eigenvalue weighted by molar-refractivity contribution is 6.33. The molecule has 27 heavy (non-hydrogen) atoms. The van der Waals surface area contributed by atoms with Crippen LogP contribution in [0.1, 0.15) is 5.56 Å². The van der Waals surface area contributed by atoms with E-state index in [-0.39, 0.29) is 0 Å². The third kappa shape index (κ3) is 4.18. The number of hydrogen-bond donors (Lipinski definition) is 2. The number of fused-ring (bicyclic) bond motifs is 1. The molecule has 0 bridgehead atoms. The number of nitrogens with zero attached hydrogens (tertiary/aromatic N) is 2. The normalized spacial score (nSPS) is 10.7. The second kappa shape index (κ2) is 8.06. The molecule has 0 unspecified atom stereocenters. The zero-order valence-corrected chi connectivity index (χ0v) is 15.4. The number of rotatable bonds is 6. The maximum Gasteiger partial charge on any atom is 0.229 e. The average molecular weight is 375 g/mol. The Kier molecular flexibility index (Phi) is 5.17. The molecule has 2 N–H and O–H groups in total. The van der Waals surface area contributed by atoms with Gasteiger partial charge in [0.15, 0.2) is 0 Å². The van der Waals surface area contributed by atoms with Crippen LogP contribution in [0, 0.1) is 0 Å². The van der Waals surface area contributed by atoms with Crippen LogP contribution in [-0.4, -0.2) is 16.5 Å². The number of halogens is 1. The second-order valence-corrected chi connectivity index (χ2v) is 6.59. The van der Waals surface area contributed by atoms with Crippen LogP contribution in [0.5, 0.6) is 0 Å². The first-order valence-electron chi connectivity index (χ1n) is 8.86. The molecule has 4 aromatic rings. The van der Waals surface area contributed by atoms with Gasteiger partial charge in [-0.15, -0.1) is 0 Å². The predicted octanol–water partition coefficient (Wildman–Crippen LogP) is 5.68. The van der Waals surface area contributed by atoms with Crippen LogP contribution in [0.4, 0.5) is 17.5 Å². The van der Waals surface area contributed by atoms with Crippen LogP contribution in [0.2, 0.25) is 5.02 Å². The molecule has 0 aliphatic carbocycles. The van der Waals surface area contributed by atoms with E-state index >= 15 is 0 Å². The maximum atomic E-state index is 6.25. The van der Waals surface area contributed by atoms with E-state index in [2.05, 4.69) is 44.9 Å². The fraction of sp³-hybridized carbons (Fsp3) is 0.0909. The van der Waals surface area contributed by atoms with Crippen molar-refractivity contribution in [2.45, 2.75) is 6.42 Å². The largest absolute Gasteiger partial charge is 0.369 e. The van der Waals surface area contributed by atoms with Gasteiger partial charge in [0.1, 0.15) is 5.82 Å². The number of benzene rings is 3. The van der Waals surface area contributed by atoms with Crippen molar-refractivity contribution in [1.29, 1.82) is 0 Å². The number of para-hydroxylation sites is 2. The summed E-state index contributed by atoms with van der Waals surface area (Å²) < 4.78 is 0. The Bertz CT molecular complexity index is 1050. The summed E-state index contributed by atoms with van der Waals surface area (Å²) in [5.74, 6) is 1.33. The molecule has 0 amide bonds. The Hall–Kier alpha value is -3.11. The van der Waals surface area contributed by atoms with E-state index in [1.54, 1.807) is 0 Å². The minimum absolute atomic E-state index is 0.518. The average Bonchev–Trinajstić information content (AvgIpc) is 2.70. The Labute approximate surface area is 163 Å². The summed E-state index contributed by atoms with van der Waals surface area (Å²) in [6, 6.07) is 25.9. The molecule has 3 aromatic carbocycles. The topological polar surface area (TPSA) is 49.8 Å². The molecule has 0 fully saturated rings. The highest BCUT2D eigenvalue weighted by Gasteiger charge is 2.09. The van der Waals surface area contributed by atoms with Crippen LogP contribution >= 0.6 is 11.6 Å². The van der Waals surface area contributed by atoms with Gasteiger partial charge in [-0.25, -0.2) is 4.98 Å². The van der Waals surface area contributed by atoms with Crippen LogP contribution < -0.4 is 10.6 Å². The van der Waals surface area contributed by atoms with Gasteiger partial charge < -0.3 is 10.6 Å². The predicted molar refractivity (Wildman–Crippen MR) is 113 cm³/mol. The van der Waals surface area contributed by atoms with Crippen molar-refractivity contribution in [2.24, 2.45) is 0 Å². The Morgan fingerprint density at radius 2 is 1.52 bits per heavy atom. The monoisotopic (exact) mass is 374 g/mol. The summed E-state index contributed by atoms with van der Waals surface area (Å²) in [4.78, 5) is 9.29. The van der Waals surface area contributed by atoms with Crippen LogP contribution in [-0.2, 0) is 6.42 Å². The lowest BCUT2D eigenvalue weighted by atomic mass is 10.1. The standard InChI is InChI=1S/C22H19ClN4/c23-18-11-5-7-13-20(18)26-22-25-19-12-6-4-10-17(19)21(27-22)24-15-14-16-8-2-1-3-9-16/h1-13H,14-15H2,(H2,24,25,26,27). The van der Waals surface area contributed by atoms with Crippen molar-refractivity contribution in [1.82, 2.24) is 9.97 Å². The molecule has 4 rings (SSSR count). The molecule has 0 saturated carbocycles. The van der Waals surface area contributed by atoms with E-state index in [0.29, 0.717) is 11.0 Å². The number of hydrogen-bond acceptors (Lipinski definition) is 4. The van der Waals surface area contributed by atoms with E-state index in [9.17, 15) is 0 Å². The number of aromatic nitrogens is 2.